The Labute approximate surface area is 344 Å². The SMILES string of the molecule is CC(C)(C)c1cc(-c2ccc3c(c2)oc2ccccc23)c2c(c1)c1cc(C(C)(C)C)cc(-c3ccc4c(c3)oc3ccccc34)c1n2-c1ccc(-c2ccccc2)cc1. The maximum Gasteiger partial charge on any atom is 0.136 e. The van der Waals surface area contributed by atoms with Gasteiger partial charge in [0.2, 0.25) is 0 Å². The van der Waals surface area contributed by atoms with Gasteiger partial charge in [-0.05, 0) is 117 Å². The molecular formula is C56H45NO2. The molecule has 3 aromatic heterocycles. The summed E-state index contributed by atoms with van der Waals surface area (Å²) in [6.45, 7) is 13.9. The molecule has 0 spiro atoms. The summed E-state index contributed by atoms with van der Waals surface area (Å²) < 4.78 is 15.6. The summed E-state index contributed by atoms with van der Waals surface area (Å²) in [6.07, 6.45) is 0. The van der Waals surface area contributed by atoms with Crippen molar-refractivity contribution < 1.29 is 8.83 Å². The summed E-state index contributed by atoms with van der Waals surface area (Å²) in [7, 11) is 0. The van der Waals surface area contributed by atoms with Crippen LogP contribution >= 0.6 is 0 Å². The minimum absolute atomic E-state index is 0.102. The fourth-order valence-corrected chi connectivity index (χ4v) is 9.06. The van der Waals surface area contributed by atoms with Crippen LogP contribution in [0.5, 0.6) is 0 Å². The molecule has 0 aliphatic rings. The first kappa shape index (κ1) is 35.3. The molecule has 0 aliphatic carbocycles. The molecule has 0 N–H and O–H groups in total. The maximum absolute atomic E-state index is 6.52. The standard InChI is InChI=1S/C56H45NO2/c1-55(2,3)38-30-45(36-22-26-43-41-16-10-12-18-49(41)58-51(43)28-36)53-47(32-38)48-33-39(56(4,5)6)31-46(37-23-27-44-42-17-11-13-19-50(42)59-52(44)29-37)54(48)57(53)40-24-20-35(21-25-40)34-14-8-7-9-15-34/h7-33H,1-6H3. The van der Waals surface area contributed by atoms with Gasteiger partial charge in [-0.2, -0.15) is 0 Å². The van der Waals surface area contributed by atoms with Gasteiger partial charge in [0.25, 0.3) is 0 Å². The molecule has 286 valence electrons. The molecule has 3 heteroatoms. The number of hydrogen-bond acceptors (Lipinski definition) is 2. The third-order valence-electron chi connectivity index (χ3n) is 12.3. The molecule has 0 saturated carbocycles. The minimum atomic E-state index is -0.102. The first-order valence-electron chi connectivity index (χ1n) is 20.7. The number of hydrogen-bond donors (Lipinski definition) is 0. The van der Waals surface area contributed by atoms with E-state index in [2.05, 4.69) is 198 Å². The third-order valence-corrected chi connectivity index (χ3v) is 12.3. The lowest BCUT2D eigenvalue weighted by molar-refractivity contribution is 0.590. The lowest BCUT2D eigenvalue weighted by Gasteiger charge is -2.22. The Morgan fingerprint density at radius 3 is 1.22 bits per heavy atom. The Morgan fingerprint density at radius 2 is 0.746 bits per heavy atom. The van der Waals surface area contributed by atoms with E-state index in [1.165, 1.54) is 55.2 Å². The zero-order chi connectivity index (χ0) is 40.2. The minimum Gasteiger partial charge on any atom is -0.456 e. The van der Waals surface area contributed by atoms with Crippen LogP contribution in [0.25, 0.3) is 105 Å². The van der Waals surface area contributed by atoms with Gasteiger partial charge in [-0.15, -0.1) is 0 Å². The Kier molecular flexibility index (Phi) is 7.68. The second-order valence-corrected chi connectivity index (χ2v) is 18.2. The van der Waals surface area contributed by atoms with E-state index in [9.17, 15) is 0 Å². The van der Waals surface area contributed by atoms with Gasteiger partial charge < -0.3 is 13.4 Å². The van der Waals surface area contributed by atoms with Crippen molar-refractivity contribution >= 4 is 65.7 Å². The predicted molar refractivity (Wildman–Crippen MR) is 249 cm³/mol. The molecule has 0 aliphatic heterocycles. The Bertz CT molecular complexity index is 3240. The number of aromatic nitrogens is 1. The summed E-state index contributed by atoms with van der Waals surface area (Å²) in [5.74, 6) is 0. The topological polar surface area (TPSA) is 31.2 Å². The number of nitrogens with zero attached hydrogens (tertiary/aromatic N) is 1. The van der Waals surface area contributed by atoms with Crippen LogP contribution in [-0.4, -0.2) is 4.57 Å². The molecule has 0 saturated heterocycles. The van der Waals surface area contributed by atoms with Crippen molar-refractivity contribution in [1.82, 2.24) is 4.57 Å². The second-order valence-electron chi connectivity index (χ2n) is 18.2. The average molecular weight is 764 g/mol. The van der Waals surface area contributed by atoms with E-state index in [0.717, 1.165) is 60.7 Å². The fourth-order valence-electron chi connectivity index (χ4n) is 9.06. The van der Waals surface area contributed by atoms with E-state index < -0.39 is 0 Å². The van der Waals surface area contributed by atoms with Gasteiger partial charge in [-0.25, -0.2) is 0 Å². The number of para-hydroxylation sites is 2. The smallest absolute Gasteiger partial charge is 0.136 e. The Morgan fingerprint density at radius 1 is 0.339 bits per heavy atom. The highest BCUT2D eigenvalue weighted by Crippen LogP contribution is 2.47. The summed E-state index contributed by atoms with van der Waals surface area (Å²) >= 11 is 0. The molecule has 3 nitrogen and oxygen atoms in total. The van der Waals surface area contributed by atoms with E-state index in [4.69, 9.17) is 8.83 Å². The van der Waals surface area contributed by atoms with Gasteiger partial charge in [-0.1, -0.05) is 133 Å². The van der Waals surface area contributed by atoms with E-state index in [1.807, 2.05) is 12.1 Å². The molecule has 3 heterocycles. The molecule has 0 bridgehead atoms. The molecule has 0 radical (unpaired) electrons. The molecule has 8 aromatic carbocycles. The highest BCUT2D eigenvalue weighted by atomic mass is 16.3. The normalized spacial score (nSPS) is 12.6. The zero-order valence-corrected chi connectivity index (χ0v) is 34.4. The van der Waals surface area contributed by atoms with Crippen molar-refractivity contribution in [2.24, 2.45) is 0 Å². The fraction of sp³-hybridized carbons (Fsp3) is 0.143. The van der Waals surface area contributed by atoms with E-state index in [0.29, 0.717) is 0 Å². The van der Waals surface area contributed by atoms with Gasteiger partial charge in [0.1, 0.15) is 22.3 Å². The largest absolute Gasteiger partial charge is 0.456 e. The van der Waals surface area contributed by atoms with Crippen LogP contribution in [0.1, 0.15) is 52.7 Å². The Balaban J connectivity index is 1.28. The molecular weight excluding hydrogens is 719 g/mol. The van der Waals surface area contributed by atoms with Crippen LogP contribution in [0.3, 0.4) is 0 Å². The molecule has 59 heavy (non-hydrogen) atoms. The Hall–Kier alpha value is -6.84. The van der Waals surface area contributed by atoms with Crippen LogP contribution in [0.15, 0.2) is 173 Å². The quantitative estimate of drug-likeness (QED) is 0.179. The summed E-state index contributed by atoms with van der Waals surface area (Å²) in [5, 5.41) is 6.99. The number of furan rings is 2. The van der Waals surface area contributed by atoms with Crippen molar-refractivity contribution in [3.05, 3.63) is 175 Å². The highest BCUT2D eigenvalue weighted by Gasteiger charge is 2.27. The molecule has 0 fully saturated rings. The van der Waals surface area contributed by atoms with Crippen LogP contribution in [0.4, 0.5) is 0 Å². The molecule has 11 rings (SSSR count). The molecule has 0 unspecified atom stereocenters. The van der Waals surface area contributed by atoms with Gasteiger partial charge in [-0.3, -0.25) is 0 Å². The first-order chi connectivity index (χ1) is 28.5. The van der Waals surface area contributed by atoms with Crippen molar-refractivity contribution in [2.75, 3.05) is 0 Å². The van der Waals surface area contributed by atoms with Crippen molar-refractivity contribution in [1.29, 1.82) is 0 Å². The van der Waals surface area contributed by atoms with Crippen LogP contribution in [0, 0.1) is 0 Å². The van der Waals surface area contributed by atoms with Crippen LogP contribution < -0.4 is 0 Å². The van der Waals surface area contributed by atoms with E-state index >= 15 is 0 Å². The molecule has 11 aromatic rings. The van der Waals surface area contributed by atoms with Gasteiger partial charge in [0, 0.05) is 49.1 Å². The lowest BCUT2D eigenvalue weighted by atomic mass is 9.82. The van der Waals surface area contributed by atoms with Crippen molar-refractivity contribution in [2.45, 2.75) is 52.4 Å². The maximum atomic E-state index is 6.52. The van der Waals surface area contributed by atoms with Gasteiger partial charge >= 0.3 is 0 Å². The van der Waals surface area contributed by atoms with Crippen LogP contribution in [0.2, 0.25) is 0 Å². The molecule has 0 amide bonds. The van der Waals surface area contributed by atoms with Crippen LogP contribution in [-0.2, 0) is 10.8 Å². The van der Waals surface area contributed by atoms with Crippen molar-refractivity contribution in [3.63, 3.8) is 0 Å². The predicted octanol–water partition coefficient (Wildman–Crippen LogP) is 16.2. The highest BCUT2D eigenvalue weighted by molar-refractivity contribution is 6.19. The summed E-state index contributed by atoms with van der Waals surface area (Å²) in [6, 6.07) is 59.6. The first-order valence-corrected chi connectivity index (χ1v) is 20.7. The van der Waals surface area contributed by atoms with Gasteiger partial charge in [0.15, 0.2) is 0 Å². The summed E-state index contributed by atoms with van der Waals surface area (Å²) in [4.78, 5) is 0. The monoisotopic (exact) mass is 763 g/mol. The molecule has 0 atom stereocenters. The van der Waals surface area contributed by atoms with E-state index in [-0.39, 0.29) is 10.8 Å². The third kappa shape index (κ3) is 5.71. The second kappa shape index (κ2) is 12.8. The average Bonchev–Trinajstić information content (AvgIpc) is 3.92. The van der Waals surface area contributed by atoms with Gasteiger partial charge in [0.05, 0.1) is 11.0 Å². The van der Waals surface area contributed by atoms with E-state index in [1.54, 1.807) is 0 Å². The van der Waals surface area contributed by atoms with Crippen molar-refractivity contribution in [3.8, 4) is 39.1 Å². The lowest BCUT2D eigenvalue weighted by Crippen LogP contribution is -2.11. The number of benzene rings is 8. The summed E-state index contributed by atoms with van der Waals surface area (Å²) in [5.41, 5.74) is 16.4. The number of rotatable bonds is 4. The zero-order valence-electron chi connectivity index (χ0n) is 34.4. The number of fused-ring (bicyclic) bond motifs is 9.